The summed E-state index contributed by atoms with van der Waals surface area (Å²) in [4.78, 5) is 1.28. The van der Waals surface area contributed by atoms with E-state index in [1.165, 1.54) is 10.5 Å². The second-order valence-electron chi connectivity index (χ2n) is 3.39. The van der Waals surface area contributed by atoms with Crippen molar-refractivity contribution in [3.8, 4) is 11.8 Å². The van der Waals surface area contributed by atoms with Crippen molar-refractivity contribution in [1.82, 2.24) is 0 Å². The zero-order chi connectivity index (χ0) is 11.1. The first kappa shape index (κ1) is 12.2. The van der Waals surface area contributed by atoms with Crippen molar-refractivity contribution >= 4 is 11.8 Å². The highest BCUT2D eigenvalue weighted by molar-refractivity contribution is 7.99. The van der Waals surface area contributed by atoms with Crippen molar-refractivity contribution in [3.63, 3.8) is 0 Å². The summed E-state index contributed by atoms with van der Waals surface area (Å²) in [7, 11) is 0. The number of benzene rings is 1. The van der Waals surface area contributed by atoms with Crippen LogP contribution in [0.3, 0.4) is 0 Å². The third kappa shape index (κ3) is 4.42. The fourth-order valence-electron chi connectivity index (χ4n) is 1.23. The molecule has 1 aromatic carbocycles. The van der Waals surface area contributed by atoms with Crippen molar-refractivity contribution in [2.45, 2.75) is 31.2 Å². The van der Waals surface area contributed by atoms with Crippen LogP contribution in [0.25, 0.3) is 0 Å². The Morgan fingerprint density at radius 3 is 2.93 bits per heavy atom. The van der Waals surface area contributed by atoms with Crippen LogP contribution in [0.15, 0.2) is 29.2 Å². The fraction of sp³-hybridized carbons (Fsp3) is 0.385. The van der Waals surface area contributed by atoms with Gasteiger partial charge in [-0.05, 0) is 31.5 Å². The van der Waals surface area contributed by atoms with Crippen LogP contribution in [-0.4, -0.2) is 5.75 Å². The lowest BCUT2D eigenvalue weighted by atomic mass is 10.1. The van der Waals surface area contributed by atoms with E-state index in [9.17, 15) is 0 Å². The molecule has 0 spiro atoms. The molecule has 15 heavy (non-hydrogen) atoms. The van der Waals surface area contributed by atoms with E-state index >= 15 is 0 Å². The summed E-state index contributed by atoms with van der Waals surface area (Å²) in [6, 6.07) is 8.53. The van der Waals surface area contributed by atoms with Gasteiger partial charge in [-0.2, -0.15) is 0 Å². The molecule has 0 fully saturated rings. The van der Waals surface area contributed by atoms with Gasteiger partial charge in [0.25, 0.3) is 0 Å². The van der Waals surface area contributed by atoms with Crippen LogP contribution in [-0.2, 0) is 0 Å². The monoisotopic (exact) mass is 219 g/mol. The number of thioether (sulfide) groups is 1. The van der Waals surface area contributed by atoms with E-state index < -0.39 is 0 Å². The SMILES string of the molecule is CC#CCCSc1cccc(C(C)N)c1. The molecule has 2 N–H and O–H groups in total. The topological polar surface area (TPSA) is 26.0 Å². The quantitative estimate of drug-likeness (QED) is 0.478. The molecule has 0 aromatic heterocycles. The fourth-order valence-corrected chi connectivity index (χ4v) is 2.07. The van der Waals surface area contributed by atoms with E-state index in [0.717, 1.165) is 12.2 Å². The first-order valence-corrected chi connectivity index (χ1v) is 6.10. The normalized spacial score (nSPS) is 11.7. The van der Waals surface area contributed by atoms with Crippen molar-refractivity contribution in [2.75, 3.05) is 5.75 Å². The lowest BCUT2D eigenvalue weighted by Gasteiger charge is -2.07. The minimum absolute atomic E-state index is 0.112. The van der Waals surface area contributed by atoms with Crippen molar-refractivity contribution < 1.29 is 0 Å². The van der Waals surface area contributed by atoms with Crippen LogP contribution in [0.5, 0.6) is 0 Å². The molecule has 0 bridgehead atoms. The molecule has 1 aromatic rings. The molecule has 1 nitrogen and oxygen atoms in total. The Labute approximate surface area is 96.4 Å². The smallest absolute Gasteiger partial charge is 0.0266 e. The van der Waals surface area contributed by atoms with Crippen LogP contribution in [0.1, 0.15) is 31.9 Å². The van der Waals surface area contributed by atoms with E-state index in [0.29, 0.717) is 0 Å². The lowest BCUT2D eigenvalue weighted by Crippen LogP contribution is -2.04. The average molecular weight is 219 g/mol. The third-order valence-electron chi connectivity index (χ3n) is 2.06. The van der Waals surface area contributed by atoms with E-state index in [2.05, 4.69) is 36.1 Å². The number of hydrogen-bond acceptors (Lipinski definition) is 2. The van der Waals surface area contributed by atoms with Crippen LogP contribution in [0.4, 0.5) is 0 Å². The molecule has 0 saturated heterocycles. The van der Waals surface area contributed by atoms with Gasteiger partial charge in [-0.3, -0.25) is 0 Å². The highest BCUT2D eigenvalue weighted by atomic mass is 32.2. The van der Waals surface area contributed by atoms with Crippen molar-refractivity contribution in [2.24, 2.45) is 5.73 Å². The molecule has 0 aliphatic carbocycles. The standard InChI is InChI=1S/C13H17NS/c1-3-4-5-9-15-13-8-6-7-12(10-13)11(2)14/h6-8,10-11H,5,9,14H2,1-2H3. The molecule has 1 atom stereocenters. The van der Waals surface area contributed by atoms with E-state index in [1.54, 1.807) is 0 Å². The van der Waals surface area contributed by atoms with Gasteiger partial charge >= 0.3 is 0 Å². The van der Waals surface area contributed by atoms with Crippen molar-refractivity contribution in [1.29, 1.82) is 0 Å². The largest absolute Gasteiger partial charge is 0.324 e. The predicted molar refractivity (Wildman–Crippen MR) is 67.8 cm³/mol. The van der Waals surface area contributed by atoms with Crippen molar-refractivity contribution in [3.05, 3.63) is 29.8 Å². The van der Waals surface area contributed by atoms with Gasteiger partial charge in [0, 0.05) is 23.1 Å². The molecule has 0 radical (unpaired) electrons. The highest BCUT2D eigenvalue weighted by Crippen LogP contribution is 2.21. The average Bonchev–Trinajstić information content (AvgIpc) is 2.25. The first-order valence-electron chi connectivity index (χ1n) is 5.12. The van der Waals surface area contributed by atoms with Gasteiger partial charge in [0.15, 0.2) is 0 Å². The lowest BCUT2D eigenvalue weighted by molar-refractivity contribution is 0.815. The summed E-state index contributed by atoms with van der Waals surface area (Å²) < 4.78 is 0. The summed E-state index contributed by atoms with van der Waals surface area (Å²) in [5.41, 5.74) is 7.02. The summed E-state index contributed by atoms with van der Waals surface area (Å²) in [5, 5.41) is 0. The minimum Gasteiger partial charge on any atom is -0.324 e. The second kappa shape index (κ2) is 6.55. The van der Waals surface area contributed by atoms with Gasteiger partial charge in [-0.25, -0.2) is 0 Å². The molecule has 2 heteroatoms. The maximum absolute atomic E-state index is 5.83. The summed E-state index contributed by atoms with van der Waals surface area (Å²) in [6.07, 6.45) is 0.948. The maximum atomic E-state index is 5.83. The molecule has 1 rings (SSSR count). The van der Waals surface area contributed by atoms with Crippen LogP contribution < -0.4 is 5.73 Å². The van der Waals surface area contributed by atoms with Crippen LogP contribution in [0.2, 0.25) is 0 Å². The predicted octanol–water partition coefficient (Wildman–Crippen LogP) is 3.21. The molecule has 0 amide bonds. The molecule has 80 valence electrons. The Balaban J connectivity index is 2.53. The Morgan fingerprint density at radius 2 is 2.27 bits per heavy atom. The van der Waals surface area contributed by atoms with E-state index in [-0.39, 0.29) is 6.04 Å². The summed E-state index contributed by atoms with van der Waals surface area (Å²) in [6.45, 7) is 3.88. The third-order valence-corrected chi connectivity index (χ3v) is 3.05. The Morgan fingerprint density at radius 1 is 1.47 bits per heavy atom. The maximum Gasteiger partial charge on any atom is 0.0266 e. The van der Waals surface area contributed by atoms with Gasteiger partial charge in [-0.15, -0.1) is 23.6 Å². The van der Waals surface area contributed by atoms with E-state index in [1.807, 2.05) is 25.6 Å². The summed E-state index contributed by atoms with van der Waals surface area (Å²) >= 11 is 1.83. The zero-order valence-electron chi connectivity index (χ0n) is 9.29. The molecule has 0 heterocycles. The Bertz CT molecular complexity index is 360. The van der Waals surface area contributed by atoms with Gasteiger partial charge in [-0.1, -0.05) is 12.1 Å². The highest BCUT2D eigenvalue weighted by Gasteiger charge is 2.00. The molecular weight excluding hydrogens is 202 g/mol. The van der Waals surface area contributed by atoms with Crippen LogP contribution in [0, 0.1) is 11.8 Å². The van der Waals surface area contributed by atoms with Gasteiger partial charge in [0.05, 0.1) is 0 Å². The number of rotatable bonds is 4. The Hall–Kier alpha value is -0.910. The number of hydrogen-bond donors (Lipinski definition) is 1. The van der Waals surface area contributed by atoms with Crippen LogP contribution >= 0.6 is 11.8 Å². The van der Waals surface area contributed by atoms with Gasteiger partial charge in [0.1, 0.15) is 0 Å². The first-order chi connectivity index (χ1) is 7.24. The van der Waals surface area contributed by atoms with Gasteiger partial charge < -0.3 is 5.73 Å². The molecule has 0 saturated carbocycles. The molecular formula is C13H17NS. The second-order valence-corrected chi connectivity index (χ2v) is 4.55. The molecule has 0 aliphatic heterocycles. The Kier molecular flexibility index (Phi) is 5.31. The minimum atomic E-state index is 0.112. The summed E-state index contributed by atoms with van der Waals surface area (Å²) in [5.74, 6) is 7.01. The molecule has 1 unspecified atom stereocenters. The molecule has 0 aliphatic rings. The van der Waals surface area contributed by atoms with E-state index in [4.69, 9.17) is 5.73 Å². The zero-order valence-corrected chi connectivity index (χ0v) is 10.1. The van der Waals surface area contributed by atoms with Gasteiger partial charge in [0.2, 0.25) is 0 Å². The number of nitrogens with two attached hydrogens (primary N) is 1.